The third-order valence-corrected chi connectivity index (χ3v) is 5.21. The van der Waals surface area contributed by atoms with Crippen LogP contribution < -0.4 is 19.7 Å². The second-order valence-electron chi connectivity index (χ2n) is 6.07. The number of benzene rings is 2. The van der Waals surface area contributed by atoms with Crippen LogP contribution in [0.1, 0.15) is 5.56 Å². The van der Waals surface area contributed by atoms with Gasteiger partial charge in [-0.15, -0.1) is 0 Å². The molecule has 7 nitrogen and oxygen atoms in total. The zero-order valence-electron chi connectivity index (χ0n) is 15.8. The molecule has 30 heavy (non-hydrogen) atoms. The van der Waals surface area contributed by atoms with E-state index in [1.807, 2.05) is 0 Å². The molecular weight excluding hydrogens is 520 g/mol. The van der Waals surface area contributed by atoms with Crippen LogP contribution in [0.4, 0.5) is 10.5 Å². The minimum Gasteiger partial charge on any atom is -0.493 e. The van der Waals surface area contributed by atoms with Gasteiger partial charge in [0.25, 0.3) is 11.8 Å². The Morgan fingerprint density at radius 2 is 1.83 bits per heavy atom. The molecule has 1 aliphatic heterocycles. The summed E-state index contributed by atoms with van der Waals surface area (Å²) in [7, 11) is 1.48. The number of anilines is 1. The Balaban J connectivity index is 2.01. The summed E-state index contributed by atoms with van der Waals surface area (Å²) in [5.41, 5.74) is 0.658. The first kappa shape index (κ1) is 21.8. The minimum atomic E-state index is -0.809. The summed E-state index contributed by atoms with van der Waals surface area (Å²) in [6.45, 7) is 3.89. The Morgan fingerprint density at radius 1 is 1.13 bits per heavy atom. The highest BCUT2D eigenvalue weighted by molar-refractivity contribution is 9.10. The predicted molar refractivity (Wildman–Crippen MR) is 120 cm³/mol. The van der Waals surface area contributed by atoms with Gasteiger partial charge < -0.3 is 9.47 Å². The van der Waals surface area contributed by atoms with E-state index in [4.69, 9.17) is 9.47 Å². The number of hydrogen-bond donors (Lipinski definition) is 1. The van der Waals surface area contributed by atoms with Crippen LogP contribution in [0, 0.1) is 0 Å². The van der Waals surface area contributed by atoms with Crippen molar-refractivity contribution in [3.05, 3.63) is 69.1 Å². The summed E-state index contributed by atoms with van der Waals surface area (Å²) in [5.74, 6) is -0.637. The van der Waals surface area contributed by atoms with E-state index in [0.717, 1.165) is 9.37 Å². The lowest BCUT2D eigenvalue weighted by atomic mass is 10.1. The number of amides is 4. The third kappa shape index (κ3) is 4.47. The summed E-state index contributed by atoms with van der Waals surface area (Å²) in [4.78, 5) is 38.5. The average molecular weight is 536 g/mol. The fourth-order valence-electron chi connectivity index (χ4n) is 2.75. The smallest absolute Gasteiger partial charge is 0.335 e. The molecule has 1 heterocycles. The molecule has 1 fully saturated rings. The van der Waals surface area contributed by atoms with E-state index < -0.39 is 17.8 Å². The predicted octanol–water partition coefficient (Wildman–Crippen LogP) is 4.45. The Labute approximate surface area is 189 Å². The molecule has 9 heteroatoms. The van der Waals surface area contributed by atoms with E-state index in [-0.39, 0.29) is 12.2 Å². The number of nitrogens with zero attached hydrogens (tertiary/aromatic N) is 1. The summed E-state index contributed by atoms with van der Waals surface area (Å²) in [6, 6.07) is 9.07. The van der Waals surface area contributed by atoms with Crippen molar-refractivity contribution >= 4 is 61.5 Å². The molecule has 1 aliphatic rings. The van der Waals surface area contributed by atoms with Gasteiger partial charge in [0.15, 0.2) is 11.5 Å². The zero-order chi connectivity index (χ0) is 21.8. The second-order valence-corrected chi connectivity index (χ2v) is 7.84. The molecule has 0 unspecified atom stereocenters. The number of barbiturate groups is 1. The number of ether oxygens (including phenoxy) is 2. The van der Waals surface area contributed by atoms with Crippen molar-refractivity contribution in [3.8, 4) is 11.5 Å². The van der Waals surface area contributed by atoms with Crippen LogP contribution in [0.15, 0.2) is 63.6 Å². The zero-order valence-corrected chi connectivity index (χ0v) is 18.9. The molecule has 2 aromatic carbocycles. The lowest BCUT2D eigenvalue weighted by Gasteiger charge is -2.26. The van der Waals surface area contributed by atoms with Crippen molar-refractivity contribution in [1.29, 1.82) is 0 Å². The van der Waals surface area contributed by atoms with E-state index in [1.165, 1.54) is 13.2 Å². The Hall–Kier alpha value is -2.91. The number of urea groups is 1. The highest BCUT2D eigenvalue weighted by atomic mass is 79.9. The van der Waals surface area contributed by atoms with Gasteiger partial charge in [0, 0.05) is 4.47 Å². The first-order chi connectivity index (χ1) is 14.3. The summed E-state index contributed by atoms with van der Waals surface area (Å²) in [5, 5.41) is 2.19. The highest BCUT2D eigenvalue weighted by Crippen LogP contribution is 2.37. The van der Waals surface area contributed by atoms with Crippen LogP contribution in [0.25, 0.3) is 6.08 Å². The average Bonchev–Trinajstić information content (AvgIpc) is 2.71. The molecule has 0 spiro atoms. The maximum Gasteiger partial charge on any atom is 0.335 e. The quantitative estimate of drug-likeness (QED) is 0.335. The van der Waals surface area contributed by atoms with Gasteiger partial charge >= 0.3 is 6.03 Å². The van der Waals surface area contributed by atoms with Crippen molar-refractivity contribution in [2.75, 3.05) is 18.6 Å². The van der Waals surface area contributed by atoms with Gasteiger partial charge in [-0.1, -0.05) is 28.6 Å². The molecule has 0 saturated carbocycles. The first-order valence-electron chi connectivity index (χ1n) is 8.64. The summed E-state index contributed by atoms with van der Waals surface area (Å²) in [6.07, 6.45) is 2.99. The SMILES string of the molecule is C=CCOc1c(Br)cc(/C=C2\C(=O)NC(=O)N(c3ccc(Br)cc3)C2=O)cc1OC. The van der Waals surface area contributed by atoms with Crippen LogP contribution in [-0.4, -0.2) is 31.6 Å². The second kappa shape index (κ2) is 9.27. The molecule has 0 aliphatic carbocycles. The van der Waals surface area contributed by atoms with E-state index in [1.54, 1.807) is 42.5 Å². The maximum absolute atomic E-state index is 13.0. The van der Waals surface area contributed by atoms with Gasteiger partial charge in [-0.2, -0.15) is 0 Å². The molecule has 3 rings (SSSR count). The van der Waals surface area contributed by atoms with Crippen LogP contribution >= 0.6 is 31.9 Å². The summed E-state index contributed by atoms with van der Waals surface area (Å²) >= 11 is 6.71. The first-order valence-corrected chi connectivity index (χ1v) is 10.2. The lowest BCUT2D eigenvalue weighted by molar-refractivity contribution is -0.122. The molecule has 1 saturated heterocycles. The Kier molecular flexibility index (Phi) is 6.73. The van der Waals surface area contributed by atoms with Gasteiger partial charge in [0.2, 0.25) is 0 Å². The number of methoxy groups -OCH3 is 1. The van der Waals surface area contributed by atoms with Crippen molar-refractivity contribution in [2.24, 2.45) is 0 Å². The monoisotopic (exact) mass is 534 g/mol. The third-order valence-electron chi connectivity index (χ3n) is 4.09. The van der Waals surface area contributed by atoms with Crippen LogP contribution in [0.3, 0.4) is 0 Å². The number of nitrogens with one attached hydrogen (secondary N) is 1. The van der Waals surface area contributed by atoms with E-state index in [0.29, 0.717) is 27.2 Å². The fourth-order valence-corrected chi connectivity index (χ4v) is 3.59. The number of halogens is 2. The van der Waals surface area contributed by atoms with Gasteiger partial charge in [-0.25, -0.2) is 9.69 Å². The van der Waals surface area contributed by atoms with Crippen LogP contribution in [0.2, 0.25) is 0 Å². The van der Waals surface area contributed by atoms with Crippen molar-refractivity contribution in [1.82, 2.24) is 5.32 Å². The van der Waals surface area contributed by atoms with E-state index in [9.17, 15) is 14.4 Å². The number of carbonyl (C=O) groups excluding carboxylic acids is 3. The maximum atomic E-state index is 13.0. The topological polar surface area (TPSA) is 84.9 Å². The van der Waals surface area contributed by atoms with Gasteiger partial charge in [-0.3, -0.25) is 14.9 Å². The number of imide groups is 2. The van der Waals surface area contributed by atoms with Crippen molar-refractivity contribution in [2.45, 2.75) is 0 Å². The summed E-state index contributed by atoms with van der Waals surface area (Å²) < 4.78 is 12.3. The van der Waals surface area contributed by atoms with Crippen LogP contribution in [-0.2, 0) is 9.59 Å². The van der Waals surface area contributed by atoms with Gasteiger partial charge in [-0.05, 0) is 64.0 Å². The Bertz CT molecular complexity index is 1060. The van der Waals surface area contributed by atoms with Gasteiger partial charge in [0.05, 0.1) is 17.3 Å². The lowest BCUT2D eigenvalue weighted by Crippen LogP contribution is -2.54. The molecule has 0 bridgehead atoms. The number of hydrogen-bond acceptors (Lipinski definition) is 5. The molecule has 4 amide bonds. The molecule has 0 radical (unpaired) electrons. The molecule has 0 atom stereocenters. The number of rotatable bonds is 6. The largest absolute Gasteiger partial charge is 0.493 e. The molecule has 2 aromatic rings. The minimum absolute atomic E-state index is 0.189. The molecule has 0 aromatic heterocycles. The normalized spacial score (nSPS) is 15.2. The Morgan fingerprint density at radius 3 is 2.47 bits per heavy atom. The molecule has 1 N–H and O–H groups in total. The van der Waals surface area contributed by atoms with Crippen LogP contribution in [0.5, 0.6) is 11.5 Å². The van der Waals surface area contributed by atoms with E-state index in [2.05, 4.69) is 43.8 Å². The molecule has 154 valence electrons. The standard InChI is InChI=1S/C21H16Br2N2O5/c1-3-8-30-18-16(23)10-12(11-17(18)29-2)9-15-19(26)24-21(28)25(20(15)27)14-6-4-13(22)5-7-14/h3-7,9-11H,1,8H2,2H3,(H,24,26,28)/b15-9+. The van der Waals surface area contributed by atoms with Crippen molar-refractivity contribution in [3.63, 3.8) is 0 Å². The van der Waals surface area contributed by atoms with Gasteiger partial charge in [0.1, 0.15) is 12.2 Å². The highest BCUT2D eigenvalue weighted by Gasteiger charge is 2.36. The molecular formula is C21H16Br2N2O5. The van der Waals surface area contributed by atoms with Crippen molar-refractivity contribution < 1.29 is 23.9 Å². The number of carbonyl (C=O) groups is 3. The van der Waals surface area contributed by atoms with E-state index >= 15 is 0 Å². The fraction of sp³-hybridized carbons (Fsp3) is 0.0952.